The lowest BCUT2D eigenvalue weighted by atomic mass is 10.1. The number of likely N-dealkylation sites (N-methyl/N-ethyl adjacent to an activating group) is 1. The Bertz CT molecular complexity index is 1010. The SMILES string of the molecule is CCN(Cc1cccc(C2=CC=NC(C)(NCCc3cc(F)cc(F)c3)N2)c1)C[C@H]1CCCN1. The van der Waals surface area contributed by atoms with Gasteiger partial charge in [0.25, 0.3) is 0 Å². The molecule has 0 aromatic heterocycles. The zero-order valence-corrected chi connectivity index (χ0v) is 20.1. The maximum atomic E-state index is 13.4. The average Bonchev–Trinajstić information content (AvgIpc) is 3.31. The van der Waals surface area contributed by atoms with Crippen molar-refractivity contribution in [2.24, 2.45) is 4.99 Å². The Hall–Kier alpha value is -2.61. The zero-order chi connectivity index (χ0) is 24.0. The summed E-state index contributed by atoms with van der Waals surface area (Å²) < 4.78 is 26.9. The van der Waals surface area contributed by atoms with Gasteiger partial charge in [-0.25, -0.2) is 8.78 Å². The summed E-state index contributed by atoms with van der Waals surface area (Å²) in [5, 5.41) is 10.5. The molecule has 2 heterocycles. The van der Waals surface area contributed by atoms with Gasteiger partial charge in [-0.1, -0.05) is 25.1 Å². The molecule has 1 fully saturated rings. The van der Waals surface area contributed by atoms with Crippen LogP contribution in [0.4, 0.5) is 8.78 Å². The summed E-state index contributed by atoms with van der Waals surface area (Å²) in [4.78, 5) is 7.05. The van der Waals surface area contributed by atoms with Crippen LogP contribution in [-0.2, 0) is 13.0 Å². The van der Waals surface area contributed by atoms with Crippen LogP contribution in [0.15, 0.2) is 53.5 Å². The molecule has 5 nitrogen and oxygen atoms in total. The lowest BCUT2D eigenvalue weighted by Crippen LogP contribution is -2.53. The minimum Gasteiger partial charge on any atom is -0.349 e. The molecule has 7 heteroatoms. The Morgan fingerprint density at radius 1 is 1.15 bits per heavy atom. The van der Waals surface area contributed by atoms with Crippen LogP contribution in [0.3, 0.4) is 0 Å². The van der Waals surface area contributed by atoms with E-state index in [2.05, 4.69) is 57.0 Å². The summed E-state index contributed by atoms with van der Waals surface area (Å²) >= 11 is 0. The summed E-state index contributed by atoms with van der Waals surface area (Å²) in [7, 11) is 0. The molecule has 3 N–H and O–H groups in total. The van der Waals surface area contributed by atoms with Gasteiger partial charge in [-0.2, -0.15) is 0 Å². The fraction of sp³-hybridized carbons (Fsp3) is 0.444. The van der Waals surface area contributed by atoms with E-state index >= 15 is 0 Å². The molecular weight excluding hydrogens is 432 g/mol. The van der Waals surface area contributed by atoms with Gasteiger partial charge in [0.05, 0.1) is 0 Å². The van der Waals surface area contributed by atoms with Crippen LogP contribution in [0.25, 0.3) is 5.70 Å². The van der Waals surface area contributed by atoms with Crippen molar-refractivity contribution in [3.63, 3.8) is 0 Å². The Morgan fingerprint density at radius 2 is 1.97 bits per heavy atom. The van der Waals surface area contributed by atoms with Gasteiger partial charge >= 0.3 is 0 Å². The van der Waals surface area contributed by atoms with Gasteiger partial charge in [-0.15, -0.1) is 0 Å². The molecule has 0 spiro atoms. The van der Waals surface area contributed by atoms with Crippen molar-refractivity contribution in [2.75, 3.05) is 26.2 Å². The van der Waals surface area contributed by atoms with Gasteiger partial charge in [-0.3, -0.25) is 15.2 Å². The number of hydrogen-bond donors (Lipinski definition) is 3. The maximum absolute atomic E-state index is 13.4. The highest BCUT2D eigenvalue weighted by Crippen LogP contribution is 2.21. The Morgan fingerprint density at radius 3 is 2.71 bits per heavy atom. The average molecular weight is 468 g/mol. The summed E-state index contributed by atoms with van der Waals surface area (Å²) in [6.07, 6.45) is 6.80. The van der Waals surface area contributed by atoms with E-state index in [1.165, 1.54) is 30.5 Å². The molecule has 2 aliphatic heterocycles. The molecule has 2 aliphatic rings. The van der Waals surface area contributed by atoms with E-state index in [1.807, 2.05) is 13.0 Å². The maximum Gasteiger partial charge on any atom is 0.181 e. The van der Waals surface area contributed by atoms with Crippen molar-refractivity contribution >= 4 is 11.9 Å². The van der Waals surface area contributed by atoms with Crippen LogP contribution in [0.2, 0.25) is 0 Å². The Balaban J connectivity index is 1.35. The van der Waals surface area contributed by atoms with Crippen molar-refractivity contribution in [3.05, 3.63) is 76.9 Å². The number of benzene rings is 2. The zero-order valence-electron chi connectivity index (χ0n) is 20.1. The predicted molar refractivity (Wildman–Crippen MR) is 134 cm³/mol. The van der Waals surface area contributed by atoms with Crippen LogP contribution >= 0.6 is 0 Å². The number of halogens is 2. The lowest BCUT2D eigenvalue weighted by Gasteiger charge is -2.33. The van der Waals surface area contributed by atoms with Crippen molar-refractivity contribution in [1.29, 1.82) is 0 Å². The summed E-state index contributed by atoms with van der Waals surface area (Å²) in [5.74, 6) is -1.81. The highest BCUT2D eigenvalue weighted by atomic mass is 19.1. The number of aliphatic imine (C=N–C) groups is 1. The molecule has 2 atom stereocenters. The molecule has 182 valence electrons. The Kier molecular flexibility index (Phi) is 8.08. The van der Waals surface area contributed by atoms with E-state index in [4.69, 9.17) is 0 Å². The first-order valence-corrected chi connectivity index (χ1v) is 12.2. The number of nitrogens with zero attached hydrogens (tertiary/aromatic N) is 2. The van der Waals surface area contributed by atoms with Gasteiger partial charge in [0.1, 0.15) is 11.6 Å². The highest BCUT2D eigenvalue weighted by Gasteiger charge is 2.25. The van der Waals surface area contributed by atoms with Gasteiger partial charge in [-0.05, 0) is 80.2 Å². The van der Waals surface area contributed by atoms with Gasteiger partial charge in [0, 0.05) is 43.7 Å². The molecule has 0 aliphatic carbocycles. The monoisotopic (exact) mass is 467 g/mol. The normalized spacial score (nSPS) is 22.1. The quantitative estimate of drug-likeness (QED) is 0.493. The van der Waals surface area contributed by atoms with E-state index in [0.717, 1.165) is 43.5 Å². The third kappa shape index (κ3) is 6.72. The smallest absolute Gasteiger partial charge is 0.181 e. The Labute approximate surface area is 201 Å². The second-order valence-electron chi connectivity index (χ2n) is 9.33. The topological polar surface area (TPSA) is 51.7 Å². The molecular formula is C27H35F2N5. The number of hydrogen-bond acceptors (Lipinski definition) is 5. The summed E-state index contributed by atoms with van der Waals surface area (Å²) in [5.41, 5.74) is 4.00. The van der Waals surface area contributed by atoms with Crippen LogP contribution in [0, 0.1) is 11.6 Å². The minimum absolute atomic E-state index is 0.499. The second kappa shape index (κ2) is 11.2. The summed E-state index contributed by atoms with van der Waals surface area (Å²) in [6.45, 7) is 8.85. The number of rotatable bonds is 10. The van der Waals surface area contributed by atoms with E-state index in [1.54, 1.807) is 6.21 Å². The third-order valence-corrected chi connectivity index (χ3v) is 6.49. The molecule has 2 aromatic rings. The third-order valence-electron chi connectivity index (χ3n) is 6.49. The first-order valence-electron chi connectivity index (χ1n) is 12.2. The largest absolute Gasteiger partial charge is 0.349 e. The molecule has 0 amide bonds. The molecule has 4 rings (SSSR count). The fourth-order valence-corrected chi connectivity index (χ4v) is 4.69. The molecule has 1 unspecified atom stereocenters. The first kappa shape index (κ1) is 24.5. The molecule has 0 bridgehead atoms. The van der Waals surface area contributed by atoms with Crippen LogP contribution in [0.5, 0.6) is 0 Å². The minimum atomic E-state index is -0.699. The number of allylic oxidation sites excluding steroid dienone is 1. The molecule has 34 heavy (non-hydrogen) atoms. The lowest BCUT2D eigenvalue weighted by molar-refractivity contribution is 0.253. The standard InChI is InChI=1S/C27H35F2N5/c1-3-34(19-25-8-5-11-30-25)18-21-6-4-7-22(14-21)26-10-13-32-27(2,33-26)31-12-9-20-15-23(28)17-24(29)16-20/h4,6-7,10,13-17,25,30-31,33H,3,5,8-9,11-12,18-19H2,1-2H3/t25-,27?/m1/s1. The van der Waals surface area contributed by atoms with Crippen molar-refractivity contribution in [1.82, 2.24) is 20.9 Å². The number of nitrogens with one attached hydrogen (secondary N) is 3. The fourth-order valence-electron chi connectivity index (χ4n) is 4.69. The van der Waals surface area contributed by atoms with Gasteiger partial charge in [0.15, 0.2) is 5.79 Å². The van der Waals surface area contributed by atoms with E-state index in [0.29, 0.717) is 24.6 Å². The van der Waals surface area contributed by atoms with Crippen molar-refractivity contribution < 1.29 is 8.78 Å². The predicted octanol–water partition coefficient (Wildman–Crippen LogP) is 4.06. The van der Waals surface area contributed by atoms with Crippen molar-refractivity contribution in [3.8, 4) is 0 Å². The molecule has 0 saturated carbocycles. The van der Waals surface area contributed by atoms with Crippen LogP contribution in [0.1, 0.15) is 43.4 Å². The van der Waals surface area contributed by atoms with Crippen LogP contribution < -0.4 is 16.0 Å². The van der Waals surface area contributed by atoms with E-state index in [9.17, 15) is 8.78 Å². The molecule has 1 saturated heterocycles. The van der Waals surface area contributed by atoms with E-state index in [-0.39, 0.29) is 0 Å². The van der Waals surface area contributed by atoms with Crippen LogP contribution in [-0.4, -0.2) is 49.1 Å². The molecule has 0 radical (unpaired) electrons. The van der Waals surface area contributed by atoms with Gasteiger partial charge in [0.2, 0.25) is 0 Å². The second-order valence-corrected chi connectivity index (χ2v) is 9.33. The van der Waals surface area contributed by atoms with Gasteiger partial charge < -0.3 is 10.6 Å². The first-order chi connectivity index (χ1) is 16.4. The van der Waals surface area contributed by atoms with E-state index < -0.39 is 17.4 Å². The van der Waals surface area contributed by atoms with Crippen molar-refractivity contribution in [2.45, 2.75) is 51.5 Å². The molecule has 2 aromatic carbocycles. The summed E-state index contributed by atoms with van der Waals surface area (Å²) in [6, 6.07) is 12.8. The highest BCUT2D eigenvalue weighted by molar-refractivity contribution is 5.86.